The minimum absolute atomic E-state index is 0.115. The van der Waals surface area contributed by atoms with Gasteiger partial charge in [-0.15, -0.1) is 36.9 Å². The van der Waals surface area contributed by atoms with Gasteiger partial charge in [-0.1, -0.05) is 55.5 Å². The van der Waals surface area contributed by atoms with E-state index in [0.717, 1.165) is 50.7 Å². The van der Waals surface area contributed by atoms with Gasteiger partial charge in [-0.2, -0.15) is 5.11 Å². The van der Waals surface area contributed by atoms with Crippen LogP contribution in [0.4, 0.5) is 39.3 Å². The molecule has 0 amide bonds. The maximum Gasteiger partial charge on any atom is 0.311 e. The molecule has 0 aliphatic rings. The standard InChI is InChI=1S/C37H34N8O2S/c1-4-24(3)38-32-18-19-34(29-11-7-6-10-28(29)32)43-44-35-21-20-33(30-12-8-9-13-31(30)35)42-40-25-14-16-26(17-15-25)41-45-37-39-27(23-48-37)22-36(46)47-5-2/h6-21,23-24,38H,4-5,22H2,1-3H3/b42-40+,44-43+,45-41+. The SMILES string of the molecule is CCOC(=O)Cc1csc(/N=N/c2ccc(/N=N/c3ccc(/N=N/c4ccc(NC(C)CC)c5ccccc45)c4ccccc34)cc2)n1. The summed E-state index contributed by atoms with van der Waals surface area (Å²) in [5, 5.41) is 36.7. The monoisotopic (exact) mass is 654 g/mol. The van der Waals surface area contributed by atoms with Gasteiger partial charge in [0.1, 0.15) is 0 Å². The van der Waals surface area contributed by atoms with Crippen LogP contribution in [0.3, 0.4) is 0 Å². The summed E-state index contributed by atoms with van der Waals surface area (Å²) in [6.45, 7) is 6.46. The lowest BCUT2D eigenvalue weighted by molar-refractivity contribution is -0.142. The van der Waals surface area contributed by atoms with Crippen LogP contribution in [0.1, 0.15) is 32.9 Å². The second kappa shape index (κ2) is 15.3. The van der Waals surface area contributed by atoms with E-state index in [4.69, 9.17) is 4.74 Å². The zero-order valence-electron chi connectivity index (χ0n) is 26.9. The Kier molecular flexibility index (Phi) is 10.3. The third kappa shape index (κ3) is 7.81. The Morgan fingerprint density at radius 1 is 0.708 bits per heavy atom. The normalized spacial score (nSPS) is 12.5. The highest BCUT2D eigenvalue weighted by Gasteiger charge is 2.10. The third-order valence-electron chi connectivity index (χ3n) is 7.60. The summed E-state index contributed by atoms with van der Waals surface area (Å²) >= 11 is 1.32. The van der Waals surface area contributed by atoms with Gasteiger partial charge in [-0.25, -0.2) is 4.98 Å². The van der Waals surface area contributed by atoms with Crippen LogP contribution < -0.4 is 5.32 Å². The van der Waals surface area contributed by atoms with Crippen molar-refractivity contribution in [1.29, 1.82) is 0 Å². The van der Waals surface area contributed by atoms with Crippen molar-refractivity contribution >= 4 is 78.1 Å². The molecule has 1 heterocycles. The Morgan fingerprint density at radius 2 is 1.23 bits per heavy atom. The molecule has 6 aromatic rings. The fourth-order valence-corrected chi connectivity index (χ4v) is 5.63. The van der Waals surface area contributed by atoms with E-state index >= 15 is 0 Å². The number of anilines is 1. The number of esters is 1. The molecule has 48 heavy (non-hydrogen) atoms. The molecule has 6 rings (SSSR count). The fourth-order valence-electron chi connectivity index (χ4n) is 4.99. The maximum absolute atomic E-state index is 11.7. The van der Waals surface area contributed by atoms with Crippen molar-refractivity contribution in [3.8, 4) is 0 Å². The van der Waals surface area contributed by atoms with Gasteiger partial charge in [0.25, 0.3) is 0 Å². The molecule has 5 aromatic carbocycles. The number of ether oxygens (including phenoxy) is 1. The average Bonchev–Trinajstić information content (AvgIpc) is 3.57. The third-order valence-corrected chi connectivity index (χ3v) is 8.38. The van der Waals surface area contributed by atoms with Crippen LogP contribution in [0.15, 0.2) is 133 Å². The number of nitrogens with one attached hydrogen (secondary N) is 1. The number of rotatable bonds is 12. The van der Waals surface area contributed by atoms with Gasteiger partial charge in [-0.05, 0) is 68.8 Å². The molecule has 0 aliphatic heterocycles. The number of benzene rings is 5. The summed E-state index contributed by atoms with van der Waals surface area (Å²) in [7, 11) is 0. The van der Waals surface area contributed by atoms with Crippen LogP contribution in [0, 0.1) is 0 Å². The highest BCUT2D eigenvalue weighted by molar-refractivity contribution is 7.13. The molecule has 1 N–H and O–H groups in total. The highest BCUT2D eigenvalue weighted by Crippen LogP contribution is 2.37. The van der Waals surface area contributed by atoms with E-state index < -0.39 is 0 Å². The van der Waals surface area contributed by atoms with Crippen molar-refractivity contribution < 1.29 is 9.53 Å². The fraction of sp³-hybridized carbons (Fsp3) is 0.189. The molecule has 11 heteroatoms. The molecule has 0 saturated heterocycles. The lowest BCUT2D eigenvalue weighted by Crippen LogP contribution is -2.13. The Balaban J connectivity index is 1.17. The van der Waals surface area contributed by atoms with E-state index in [-0.39, 0.29) is 12.4 Å². The largest absolute Gasteiger partial charge is 0.466 e. The first-order valence-corrected chi connectivity index (χ1v) is 16.6. The van der Waals surface area contributed by atoms with Gasteiger partial charge >= 0.3 is 5.97 Å². The lowest BCUT2D eigenvalue weighted by Gasteiger charge is -2.15. The van der Waals surface area contributed by atoms with E-state index in [2.05, 4.69) is 73.0 Å². The summed E-state index contributed by atoms with van der Waals surface area (Å²) in [5.74, 6) is -0.314. The van der Waals surface area contributed by atoms with Crippen LogP contribution in [0.2, 0.25) is 0 Å². The van der Waals surface area contributed by atoms with Crippen molar-refractivity contribution in [2.24, 2.45) is 30.7 Å². The van der Waals surface area contributed by atoms with Crippen LogP contribution in [-0.4, -0.2) is 23.6 Å². The molecule has 0 aliphatic carbocycles. The summed E-state index contributed by atoms with van der Waals surface area (Å²) in [5.41, 5.74) is 5.30. The van der Waals surface area contributed by atoms with Gasteiger partial charge < -0.3 is 10.1 Å². The van der Waals surface area contributed by atoms with Crippen molar-refractivity contribution in [1.82, 2.24) is 4.98 Å². The molecule has 1 aromatic heterocycles. The molecule has 0 radical (unpaired) electrons. The van der Waals surface area contributed by atoms with Gasteiger partial charge in [0, 0.05) is 38.7 Å². The van der Waals surface area contributed by atoms with Gasteiger partial charge in [0.05, 0.1) is 47.2 Å². The Labute approximate surface area is 282 Å². The first-order chi connectivity index (χ1) is 23.5. The predicted molar refractivity (Wildman–Crippen MR) is 193 cm³/mol. The smallest absolute Gasteiger partial charge is 0.311 e. The summed E-state index contributed by atoms with van der Waals surface area (Å²) < 4.78 is 4.97. The predicted octanol–water partition coefficient (Wildman–Crippen LogP) is 12.0. The number of nitrogens with zero attached hydrogens (tertiary/aromatic N) is 7. The summed E-state index contributed by atoms with van der Waals surface area (Å²) in [6, 6.07) is 31.8. The number of hydrogen-bond donors (Lipinski definition) is 1. The molecule has 0 bridgehead atoms. The first kappa shape index (κ1) is 32.3. The van der Waals surface area contributed by atoms with Crippen LogP contribution in [0.25, 0.3) is 21.5 Å². The van der Waals surface area contributed by atoms with Crippen LogP contribution in [-0.2, 0) is 16.0 Å². The number of hydrogen-bond acceptors (Lipinski definition) is 11. The average molecular weight is 655 g/mol. The number of aromatic nitrogens is 1. The molecular weight excluding hydrogens is 621 g/mol. The topological polar surface area (TPSA) is 125 Å². The van der Waals surface area contributed by atoms with E-state index in [9.17, 15) is 4.79 Å². The van der Waals surface area contributed by atoms with Gasteiger partial charge in [0.15, 0.2) is 0 Å². The number of carbonyl (C=O) groups is 1. The summed E-state index contributed by atoms with van der Waals surface area (Å²) in [4.78, 5) is 16.0. The second-order valence-electron chi connectivity index (χ2n) is 11.0. The van der Waals surface area contributed by atoms with E-state index in [1.54, 1.807) is 12.3 Å². The molecular formula is C37H34N8O2S. The molecule has 1 unspecified atom stereocenters. The Hall–Kier alpha value is -5.68. The van der Waals surface area contributed by atoms with Crippen molar-refractivity contribution in [3.05, 3.63) is 108 Å². The zero-order valence-corrected chi connectivity index (χ0v) is 27.7. The minimum Gasteiger partial charge on any atom is -0.466 e. The van der Waals surface area contributed by atoms with Crippen molar-refractivity contribution in [2.75, 3.05) is 11.9 Å². The Morgan fingerprint density at radius 3 is 1.81 bits per heavy atom. The second-order valence-corrected chi connectivity index (χ2v) is 11.8. The molecule has 0 spiro atoms. The number of azo groups is 3. The van der Waals surface area contributed by atoms with E-state index in [1.165, 1.54) is 11.3 Å². The number of carbonyl (C=O) groups excluding carboxylic acids is 1. The van der Waals surface area contributed by atoms with Crippen LogP contribution in [0.5, 0.6) is 0 Å². The minimum atomic E-state index is -0.314. The van der Waals surface area contributed by atoms with E-state index in [1.807, 2.05) is 78.9 Å². The molecule has 0 fully saturated rings. The lowest BCUT2D eigenvalue weighted by atomic mass is 10.1. The summed E-state index contributed by atoms with van der Waals surface area (Å²) in [6.07, 6.45) is 1.15. The molecule has 0 saturated carbocycles. The number of fused-ring (bicyclic) bond motifs is 2. The zero-order chi connectivity index (χ0) is 33.3. The highest BCUT2D eigenvalue weighted by atomic mass is 32.1. The number of thiazole rings is 1. The maximum atomic E-state index is 11.7. The Bertz CT molecular complexity index is 2140. The van der Waals surface area contributed by atoms with Crippen molar-refractivity contribution in [2.45, 2.75) is 39.7 Å². The van der Waals surface area contributed by atoms with E-state index in [0.29, 0.717) is 34.8 Å². The molecule has 1 atom stereocenters. The molecule has 10 nitrogen and oxygen atoms in total. The first-order valence-electron chi connectivity index (χ1n) is 15.8. The van der Waals surface area contributed by atoms with Gasteiger partial charge in [-0.3, -0.25) is 4.79 Å². The van der Waals surface area contributed by atoms with Crippen LogP contribution >= 0.6 is 11.3 Å². The van der Waals surface area contributed by atoms with Gasteiger partial charge in [0.2, 0.25) is 5.13 Å². The molecule has 240 valence electrons. The quantitative estimate of drug-likeness (QED) is 0.104. The van der Waals surface area contributed by atoms with Crippen molar-refractivity contribution in [3.63, 3.8) is 0 Å².